The van der Waals surface area contributed by atoms with Gasteiger partial charge in [-0.1, -0.05) is 6.07 Å². The lowest BCUT2D eigenvalue weighted by Crippen LogP contribution is -2.03. The van der Waals surface area contributed by atoms with Gasteiger partial charge < -0.3 is 0 Å². The lowest BCUT2D eigenvalue weighted by molar-refractivity contribution is 0.0920. The molecule has 0 fully saturated rings. The van der Waals surface area contributed by atoms with Crippen LogP contribution in [0.1, 0.15) is 32.9 Å². The van der Waals surface area contributed by atoms with Crippen LogP contribution in [0.2, 0.25) is 0 Å². The minimum atomic E-state index is 0.0474. The minimum Gasteiger partial charge on any atom is -0.294 e. The molecule has 4 heteroatoms. The third-order valence-corrected chi connectivity index (χ3v) is 3.81. The average Bonchev–Trinajstić information content (AvgIpc) is 2.95. The predicted molar refractivity (Wildman–Crippen MR) is 66.5 cm³/mol. The molecule has 0 spiro atoms. The van der Waals surface area contributed by atoms with Crippen LogP contribution in [0.3, 0.4) is 0 Å². The molecule has 0 N–H and O–H groups in total. The van der Waals surface area contributed by atoms with Crippen LogP contribution in [-0.2, 0) is 0 Å². The zero-order chi connectivity index (χ0) is 11.4. The first kappa shape index (κ1) is 11.2. The van der Waals surface area contributed by atoms with E-state index in [0.29, 0.717) is 18.4 Å². The molecule has 0 atom stereocenters. The Morgan fingerprint density at radius 3 is 2.50 bits per heavy atom. The van der Waals surface area contributed by atoms with Crippen LogP contribution in [0, 0.1) is 0 Å². The third kappa shape index (κ3) is 2.65. The van der Waals surface area contributed by atoms with Gasteiger partial charge in [0.25, 0.3) is 0 Å². The molecule has 0 aliphatic heterocycles. The lowest BCUT2D eigenvalue weighted by atomic mass is 10.1. The fraction of sp³-hybridized carbons (Fsp3) is 0.167. The molecule has 2 rings (SSSR count). The summed E-state index contributed by atoms with van der Waals surface area (Å²) < 4.78 is 0. The summed E-state index contributed by atoms with van der Waals surface area (Å²) in [6.45, 7) is 0. The third-order valence-electron chi connectivity index (χ3n) is 2.22. The van der Waals surface area contributed by atoms with Crippen molar-refractivity contribution < 1.29 is 9.59 Å². The van der Waals surface area contributed by atoms with Crippen LogP contribution >= 0.6 is 22.7 Å². The van der Waals surface area contributed by atoms with Crippen molar-refractivity contribution in [3.05, 3.63) is 44.8 Å². The first-order valence-corrected chi connectivity index (χ1v) is 6.72. The molecule has 0 aromatic carbocycles. The number of ketones is 2. The number of hydrogen-bond acceptors (Lipinski definition) is 4. The van der Waals surface area contributed by atoms with Gasteiger partial charge in [0.2, 0.25) is 0 Å². The summed E-state index contributed by atoms with van der Waals surface area (Å²) in [5, 5.41) is 5.56. The van der Waals surface area contributed by atoms with E-state index in [2.05, 4.69) is 0 Å². The van der Waals surface area contributed by atoms with E-state index in [-0.39, 0.29) is 11.6 Å². The highest BCUT2D eigenvalue weighted by molar-refractivity contribution is 7.12. The molecule has 2 heterocycles. The molecule has 2 aromatic heterocycles. The Labute approximate surface area is 102 Å². The van der Waals surface area contributed by atoms with E-state index >= 15 is 0 Å². The maximum Gasteiger partial charge on any atom is 0.173 e. The Hall–Kier alpha value is -1.26. The molecule has 82 valence electrons. The SMILES string of the molecule is O=C(CCC(=O)c1cccs1)c1ccsc1. The van der Waals surface area contributed by atoms with E-state index in [4.69, 9.17) is 0 Å². The summed E-state index contributed by atoms with van der Waals surface area (Å²) in [4.78, 5) is 24.0. The van der Waals surface area contributed by atoms with Gasteiger partial charge >= 0.3 is 0 Å². The Balaban J connectivity index is 1.89. The molecule has 0 unspecified atom stereocenters. The van der Waals surface area contributed by atoms with Crippen LogP contribution in [0.15, 0.2) is 34.3 Å². The zero-order valence-electron chi connectivity index (χ0n) is 8.51. The van der Waals surface area contributed by atoms with E-state index in [9.17, 15) is 9.59 Å². The normalized spacial score (nSPS) is 10.2. The van der Waals surface area contributed by atoms with E-state index in [0.717, 1.165) is 4.88 Å². The molecule has 16 heavy (non-hydrogen) atoms. The quantitative estimate of drug-likeness (QED) is 0.759. The van der Waals surface area contributed by atoms with Gasteiger partial charge in [0.15, 0.2) is 11.6 Å². The summed E-state index contributed by atoms with van der Waals surface area (Å²) in [5.41, 5.74) is 0.712. The molecule has 0 bridgehead atoms. The zero-order valence-corrected chi connectivity index (χ0v) is 10.1. The van der Waals surface area contributed by atoms with Crippen LogP contribution in [0.4, 0.5) is 0 Å². The summed E-state index contributed by atoms with van der Waals surface area (Å²) in [7, 11) is 0. The highest BCUT2D eigenvalue weighted by Gasteiger charge is 2.11. The fourth-order valence-corrected chi connectivity index (χ4v) is 2.71. The summed E-state index contributed by atoms with van der Waals surface area (Å²) in [6.07, 6.45) is 0.600. The Morgan fingerprint density at radius 2 is 1.88 bits per heavy atom. The number of carbonyl (C=O) groups excluding carboxylic acids is 2. The first-order valence-electron chi connectivity index (χ1n) is 4.89. The highest BCUT2D eigenvalue weighted by atomic mass is 32.1. The topological polar surface area (TPSA) is 34.1 Å². The summed E-state index contributed by atoms with van der Waals surface area (Å²) in [6, 6.07) is 5.43. The summed E-state index contributed by atoms with van der Waals surface area (Å²) in [5.74, 6) is 0.102. The van der Waals surface area contributed by atoms with Crippen LogP contribution < -0.4 is 0 Å². The second kappa shape index (κ2) is 5.18. The maximum absolute atomic E-state index is 11.6. The van der Waals surface area contributed by atoms with Crippen molar-refractivity contribution >= 4 is 34.2 Å². The van der Waals surface area contributed by atoms with Gasteiger partial charge in [-0.15, -0.1) is 11.3 Å². The monoisotopic (exact) mass is 250 g/mol. The van der Waals surface area contributed by atoms with Gasteiger partial charge in [-0.05, 0) is 22.9 Å². The molecule has 2 nitrogen and oxygen atoms in total. The van der Waals surface area contributed by atoms with Crippen molar-refractivity contribution in [2.45, 2.75) is 12.8 Å². The second-order valence-corrected chi connectivity index (χ2v) is 5.06. The maximum atomic E-state index is 11.6. The van der Waals surface area contributed by atoms with Gasteiger partial charge in [0, 0.05) is 23.8 Å². The second-order valence-electron chi connectivity index (χ2n) is 3.34. The summed E-state index contributed by atoms with van der Waals surface area (Å²) >= 11 is 2.92. The van der Waals surface area contributed by atoms with E-state index < -0.39 is 0 Å². The molecule has 0 aliphatic rings. The molecule has 0 amide bonds. The number of thiophene rings is 2. The fourth-order valence-electron chi connectivity index (χ4n) is 1.35. The lowest BCUT2D eigenvalue weighted by Gasteiger charge is -1.97. The van der Waals surface area contributed by atoms with Crippen molar-refractivity contribution in [1.29, 1.82) is 0 Å². The van der Waals surface area contributed by atoms with Crippen molar-refractivity contribution in [1.82, 2.24) is 0 Å². The van der Waals surface area contributed by atoms with Crippen molar-refractivity contribution in [2.24, 2.45) is 0 Å². The van der Waals surface area contributed by atoms with E-state index in [1.54, 1.807) is 12.1 Å². The Kier molecular flexibility index (Phi) is 3.64. The van der Waals surface area contributed by atoms with Crippen LogP contribution in [0.25, 0.3) is 0 Å². The molecule has 0 saturated heterocycles. The number of carbonyl (C=O) groups is 2. The first-order chi connectivity index (χ1) is 7.77. The number of rotatable bonds is 5. The Bertz CT molecular complexity index is 423. The van der Waals surface area contributed by atoms with E-state index in [1.807, 2.05) is 22.2 Å². The smallest absolute Gasteiger partial charge is 0.173 e. The number of Topliss-reactive ketones (excluding diaryl/α,β-unsaturated/α-hetero) is 2. The molecule has 0 saturated carbocycles. The highest BCUT2D eigenvalue weighted by Crippen LogP contribution is 2.15. The molecular weight excluding hydrogens is 240 g/mol. The predicted octanol–water partition coefficient (Wildman–Crippen LogP) is 3.66. The van der Waals surface area contributed by atoms with Crippen molar-refractivity contribution in [3.8, 4) is 0 Å². The largest absolute Gasteiger partial charge is 0.294 e. The van der Waals surface area contributed by atoms with Crippen LogP contribution in [-0.4, -0.2) is 11.6 Å². The van der Waals surface area contributed by atoms with Gasteiger partial charge in [0.05, 0.1) is 4.88 Å². The molecular formula is C12H10O2S2. The van der Waals surface area contributed by atoms with Gasteiger partial charge in [-0.3, -0.25) is 9.59 Å². The minimum absolute atomic E-state index is 0.0474. The van der Waals surface area contributed by atoms with Crippen molar-refractivity contribution in [2.75, 3.05) is 0 Å². The molecule has 2 aromatic rings. The molecule has 0 aliphatic carbocycles. The Morgan fingerprint density at radius 1 is 1.06 bits per heavy atom. The van der Waals surface area contributed by atoms with Gasteiger partial charge in [-0.2, -0.15) is 11.3 Å². The van der Waals surface area contributed by atoms with Crippen LogP contribution in [0.5, 0.6) is 0 Å². The molecule has 0 radical (unpaired) electrons. The standard InChI is InChI=1S/C12H10O2S2/c13-10(9-5-7-15-8-9)3-4-11(14)12-2-1-6-16-12/h1-2,5-8H,3-4H2. The average molecular weight is 250 g/mol. The van der Waals surface area contributed by atoms with Gasteiger partial charge in [0.1, 0.15) is 0 Å². The van der Waals surface area contributed by atoms with E-state index in [1.165, 1.54) is 22.7 Å². The van der Waals surface area contributed by atoms with Gasteiger partial charge in [-0.25, -0.2) is 0 Å². The number of hydrogen-bond donors (Lipinski definition) is 0. The van der Waals surface area contributed by atoms with Crippen molar-refractivity contribution in [3.63, 3.8) is 0 Å².